The number of esters is 2. The SMILES string of the molecule is CCOC(=O)c1ccc(Oc2c(C(F)(F)F)oc3cc(OCC(=O)OC(C)C)ccc3c2=O)cc1. The van der Waals surface area contributed by atoms with E-state index in [1.807, 2.05) is 0 Å². The van der Waals surface area contributed by atoms with E-state index >= 15 is 0 Å². The smallest absolute Gasteiger partial charge is 0.453 e. The number of rotatable bonds is 8. The van der Waals surface area contributed by atoms with Crippen molar-refractivity contribution in [2.24, 2.45) is 0 Å². The minimum Gasteiger partial charge on any atom is -0.482 e. The second-order valence-electron chi connectivity index (χ2n) is 7.42. The quantitative estimate of drug-likeness (QED) is 0.398. The third-order valence-electron chi connectivity index (χ3n) is 4.39. The molecule has 0 radical (unpaired) electrons. The highest BCUT2D eigenvalue weighted by molar-refractivity contribution is 5.89. The van der Waals surface area contributed by atoms with Crippen molar-refractivity contribution in [3.8, 4) is 17.2 Å². The van der Waals surface area contributed by atoms with E-state index < -0.39 is 47.2 Å². The lowest BCUT2D eigenvalue weighted by Crippen LogP contribution is -2.19. The lowest BCUT2D eigenvalue weighted by atomic mass is 10.2. The molecule has 0 amide bonds. The lowest BCUT2D eigenvalue weighted by Gasteiger charge is -2.14. The summed E-state index contributed by atoms with van der Waals surface area (Å²) in [7, 11) is 0. The van der Waals surface area contributed by atoms with Crippen molar-refractivity contribution in [2.45, 2.75) is 33.1 Å². The van der Waals surface area contributed by atoms with Crippen LogP contribution in [0.5, 0.6) is 17.2 Å². The predicted octanol–water partition coefficient (Wildman–Crippen LogP) is 5.11. The topological polar surface area (TPSA) is 101 Å². The second kappa shape index (κ2) is 10.5. The summed E-state index contributed by atoms with van der Waals surface area (Å²) >= 11 is 0. The fourth-order valence-corrected chi connectivity index (χ4v) is 2.96. The Morgan fingerprint density at radius 3 is 2.29 bits per heavy atom. The van der Waals surface area contributed by atoms with Crippen LogP contribution in [0.25, 0.3) is 11.0 Å². The first-order chi connectivity index (χ1) is 16.5. The number of benzene rings is 2. The van der Waals surface area contributed by atoms with Gasteiger partial charge in [-0.25, -0.2) is 9.59 Å². The summed E-state index contributed by atoms with van der Waals surface area (Å²) < 4.78 is 66.4. The number of carbonyl (C=O) groups excluding carboxylic acids is 2. The molecular weight excluding hydrogens is 473 g/mol. The fourth-order valence-electron chi connectivity index (χ4n) is 2.96. The zero-order chi connectivity index (χ0) is 25.8. The molecule has 2 aromatic carbocycles. The first-order valence-electron chi connectivity index (χ1n) is 10.4. The van der Waals surface area contributed by atoms with E-state index in [2.05, 4.69) is 0 Å². The molecule has 35 heavy (non-hydrogen) atoms. The molecule has 0 fully saturated rings. The summed E-state index contributed by atoms with van der Waals surface area (Å²) in [6, 6.07) is 8.58. The highest BCUT2D eigenvalue weighted by atomic mass is 19.4. The van der Waals surface area contributed by atoms with Gasteiger partial charge >= 0.3 is 18.1 Å². The molecule has 3 rings (SSSR count). The Morgan fingerprint density at radius 2 is 1.69 bits per heavy atom. The van der Waals surface area contributed by atoms with Crippen molar-refractivity contribution in [3.05, 3.63) is 64.0 Å². The Bertz CT molecular complexity index is 1280. The number of halogens is 3. The van der Waals surface area contributed by atoms with Crippen LogP contribution in [-0.2, 0) is 20.4 Å². The van der Waals surface area contributed by atoms with Gasteiger partial charge in [0.15, 0.2) is 6.61 Å². The van der Waals surface area contributed by atoms with Gasteiger partial charge in [-0.2, -0.15) is 13.2 Å². The standard InChI is InChI=1S/C24H21F3O8/c1-4-31-23(30)14-5-7-15(8-6-14)34-21-20(29)17-10-9-16(32-12-19(28)33-13(2)3)11-18(17)35-22(21)24(25,26)27/h5-11,13H,4,12H2,1-3H3. The molecule has 0 unspecified atom stereocenters. The first kappa shape index (κ1) is 25.6. The van der Waals surface area contributed by atoms with Gasteiger partial charge in [0.1, 0.15) is 17.1 Å². The fraction of sp³-hybridized carbons (Fsp3) is 0.292. The summed E-state index contributed by atoms with van der Waals surface area (Å²) in [6.07, 6.45) is -5.43. The summed E-state index contributed by atoms with van der Waals surface area (Å²) in [6.45, 7) is 4.59. The van der Waals surface area contributed by atoms with Crippen LogP contribution in [0.3, 0.4) is 0 Å². The van der Waals surface area contributed by atoms with Crippen molar-refractivity contribution in [1.29, 1.82) is 0 Å². The van der Waals surface area contributed by atoms with Gasteiger partial charge in [0, 0.05) is 6.07 Å². The second-order valence-corrected chi connectivity index (χ2v) is 7.42. The summed E-state index contributed by atoms with van der Waals surface area (Å²) in [5, 5.41) is -0.201. The molecule has 0 atom stereocenters. The number of carbonyl (C=O) groups is 2. The molecule has 3 aromatic rings. The van der Waals surface area contributed by atoms with Gasteiger partial charge in [0.25, 0.3) is 5.76 Å². The summed E-state index contributed by atoms with van der Waals surface area (Å²) in [5.74, 6) is -4.13. The molecule has 0 saturated carbocycles. The van der Waals surface area contributed by atoms with E-state index in [4.69, 9.17) is 23.4 Å². The molecule has 8 nitrogen and oxygen atoms in total. The third-order valence-corrected chi connectivity index (χ3v) is 4.39. The number of hydrogen-bond acceptors (Lipinski definition) is 8. The molecule has 0 spiro atoms. The average molecular weight is 494 g/mol. The number of alkyl halides is 3. The molecule has 11 heteroatoms. The van der Waals surface area contributed by atoms with Gasteiger partial charge in [-0.05, 0) is 57.2 Å². The lowest BCUT2D eigenvalue weighted by molar-refractivity contribution is -0.154. The van der Waals surface area contributed by atoms with E-state index in [0.717, 1.165) is 6.07 Å². The van der Waals surface area contributed by atoms with E-state index in [0.29, 0.717) is 0 Å². The van der Waals surface area contributed by atoms with Gasteiger partial charge in [0.05, 0.1) is 23.7 Å². The number of fused-ring (bicyclic) bond motifs is 1. The van der Waals surface area contributed by atoms with Crippen LogP contribution in [0.4, 0.5) is 13.2 Å². The minimum atomic E-state index is -5.06. The molecule has 0 aliphatic carbocycles. The maximum absolute atomic E-state index is 13.7. The monoisotopic (exact) mass is 494 g/mol. The van der Waals surface area contributed by atoms with Crippen LogP contribution in [0, 0.1) is 0 Å². The van der Waals surface area contributed by atoms with Crippen LogP contribution in [0.2, 0.25) is 0 Å². The van der Waals surface area contributed by atoms with Gasteiger partial charge in [0.2, 0.25) is 11.2 Å². The molecule has 0 saturated heterocycles. The molecule has 0 bridgehead atoms. The minimum absolute atomic E-state index is 0.00213. The van der Waals surface area contributed by atoms with Gasteiger partial charge < -0.3 is 23.4 Å². The van der Waals surface area contributed by atoms with Crippen molar-refractivity contribution < 1.29 is 46.1 Å². The van der Waals surface area contributed by atoms with Crippen molar-refractivity contribution in [1.82, 2.24) is 0 Å². The van der Waals surface area contributed by atoms with E-state index in [-0.39, 0.29) is 35.2 Å². The normalized spacial score (nSPS) is 11.4. The summed E-state index contributed by atoms with van der Waals surface area (Å²) in [5.41, 5.74) is -1.33. The van der Waals surface area contributed by atoms with Crippen LogP contribution in [0.15, 0.2) is 51.7 Å². The predicted molar refractivity (Wildman–Crippen MR) is 117 cm³/mol. The van der Waals surface area contributed by atoms with Crippen molar-refractivity contribution in [3.63, 3.8) is 0 Å². The third kappa shape index (κ3) is 6.31. The Balaban J connectivity index is 1.94. The van der Waals surface area contributed by atoms with E-state index in [1.165, 1.54) is 36.4 Å². The maximum atomic E-state index is 13.7. The van der Waals surface area contributed by atoms with Gasteiger partial charge in [-0.3, -0.25) is 4.79 Å². The zero-order valence-corrected chi connectivity index (χ0v) is 18.9. The van der Waals surface area contributed by atoms with Crippen molar-refractivity contribution >= 4 is 22.9 Å². The molecule has 0 N–H and O–H groups in total. The van der Waals surface area contributed by atoms with Crippen LogP contribution < -0.4 is 14.9 Å². The van der Waals surface area contributed by atoms with Crippen molar-refractivity contribution in [2.75, 3.05) is 13.2 Å². The highest BCUT2D eigenvalue weighted by Gasteiger charge is 2.40. The van der Waals surface area contributed by atoms with E-state index in [1.54, 1.807) is 20.8 Å². The highest BCUT2D eigenvalue weighted by Crippen LogP contribution is 2.38. The van der Waals surface area contributed by atoms with Crippen LogP contribution in [0.1, 0.15) is 36.9 Å². The Hall–Kier alpha value is -4.02. The van der Waals surface area contributed by atoms with Gasteiger partial charge in [-0.15, -0.1) is 0 Å². The summed E-state index contributed by atoms with van der Waals surface area (Å²) in [4.78, 5) is 36.3. The van der Waals surface area contributed by atoms with E-state index in [9.17, 15) is 27.6 Å². The molecule has 1 heterocycles. The Morgan fingerprint density at radius 1 is 1.03 bits per heavy atom. The zero-order valence-electron chi connectivity index (χ0n) is 18.9. The average Bonchev–Trinajstić information content (AvgIpc) is 2.78. The molecule has 0 aliphatic heterocycles. The van der Waals surface area contributed by atoms with Crippen LogP contribution >= 0.6 is 0 Å². The Kier molecular flexibility index (Phi) is 7.68. The molecule has 1 aromatic heterocycles. The number of ether oxygens (including phenoxy) is 4. The van der Waals surface area contributed by atoms with Gasteiger partial charge in [-0.1, -0.05) is 0 Å². The number of hydrogen-bond donors (Lipinski definition) is 0. The Labute approximate surface area is 197 Å². The molecule has 186 valence electrons. The molecular formula is C24H21F3O8. The van der Waals surface area contributed by atoms with Crippen LogP contribution in [-0.4, -0.2) is 31.3 Å². The molecule has 0 aliphatic rings. The largest absolute Gasteiger partial charge is 0.482 e. The maximum Gasteiger partial charge on any atom is 0.453 e. The first-order valence-corrected chi connectivity index (χ1v) is 10.4.